The second-order valence-electron chi connectivity index (χ2n) is 11.2. The van der Waals surface area contributed by atoms with Gasteiger partial charge in [0.15, 0.2) is 11.5 Å². The first-order valence-corrected chi connectivity index (χ1v) is 13.7. The second-order valence-corrected chi connectivity index (χ2v) is 11.2. The zero-order chi connectivity index (χ0) is 28.6. The van der Waals surface area contributed by atoms with Crippen molar-refractivity contribution in [3.8, 4) is 0 Å². The third kappa shape index (κ3) is 5.73. The van der Waals surface area contributed by atoms with Crippen LogP contribution in [-0.2, 0) is 11.3 Å². The molecule has 1 saturated heterocycles. The summed E-state index contributed by atoms with van der Waals surface area (Å²) in [5.74, 6) is -0.886. The lowest BCUT2D eigenvalue weighted by Gasteiger charge is -2.37. The Balaban J connectivity index is 1.41. The van der Waals surface area contributed by atoms with Crippen molar-refractivity contribution in [2.75, 3.05) is 36.4 Å². The van der Waals surface area contributed by atoms with E-state index < -0.39 is 11.4 Å². The lowest BCUT2D eigenvalue weighted by molar-refractivity contribution is 0.0240. The van der Waals surface area contributed by atoms with E-state index in [0.29, 0.717) is 48.6 Å². The number of ether oxygens (including phenoxy) is 1. The number of aromatic nitrogens is 4. The number of pyridine rings is 1. The van der Waals surface area contributed by atoms with E-state index in [4.69, 9.17) is 9.84 Å². The second kappa shape index (κ2) is 10.8. The topological polar surface area (TPSA) is 97.0 Å². The van der Waals surface area contributed by atoms with Gasteiger partial charge < -0.3 is 24.3 Å². The Labute approximate surface area is 232 Å². The molecule has 11 heteroatoms. The van der Waals surface area contributed by atoms with Crippen molar-refractivity contribution in [2.24, 2.45) is 0 Å². The maximum absolute atomic E-state index is 14.6. The van der Waals surface area contributed by atoms with Crippen molar-refractivity contribution in [2.45, 2.75) is 59.6 Å². The lowest BCUT2D eigenvalue weighted by Crippen LogP contribution is -2.50. The highest BCUT2D eigenvalue weighted by Gasteiger charge is 2.27. The number of amides is 2. The molecular weight excluding hydrogens is 513 g/mol. The Hall–Kier alpha value is -4.15. The van der Waals surface area contributed by atoms with Crippen LogP contribution in [0.25, 0.3) is 16.6 Å². The van der Waals surface area contributed by atoms with E-state index in [9.17, 15) is 14.0 Å². The first-order valence-electron chi connectivity index (χ1n) is 13.7. The smallest absolute Gasteiger partial charge is 0.410 e. The molecule has 1 aliphatic rings. The Kier molecular flexibility index (Phi) is 7.39. The summed E-state index contributed by atoms with van der Waals surface area (Å²) in [6.45, 7) is 12.5. The summed E-state index contributed by atoms with van der Waals surface area (Å²) in [6, 6.07) is 4.96. The number of hydrogen-bond donors (Lipinski definition) is 1. The fourth-order valence-corrected chi connectivity index (χ4v) is 4.93. The van der Waals surface area contributed by atoms with Crippen LogP contribution < -0.4 is 10.2 Å². The van der Waals surface area contributed by atoms with E-state index in [0.717, 1.165) is 30.5 Å². The van der Waals surface area contributed by atoms with Crippen molar-refractivity contribution in [1.29, 1.82) is 0 Å². The average molecular weight is 550 g/mol. The summed E-state index contributed by atoms with van der Waals surface area (Å²) in [5.41, 5.74) is 2.63. The van der Waals surface area contributed by atoms with E-state index in [1.54, 1.807) is 34.7 Å². The van der Waals surface area contributed by atoms with Crippen LogP contribution in [0.5, 0.6) is 0 Å². The van der Waals surface area contributed by atoms with Crippen LogP contribution in [0.4, 0.5) is 20.6 Å². The normalized spacial score (nSPS) is 14.2. The highest BCUT2D eigenvalue weighted by atomic mass is 19.1. The predicted molar refractivity (Wildman–Crippen MR) is 153 cm³/mol. The zero-order valence-corrected chi connectivity index (χ0v) is 23.7. The molecule has 0 atom stereocenters. The van der Waals surface area contributed by atoms with Gasteiger partial charge in [-0.05, 0) is 46.2 Å². The molecule has 4 heterocycles. The van der Waals surface area contributed by atoms with Crippen molar-refractivity contribution in [1.82, 2.24) is 24.1 Å². The van der Waals surface area contributed by atoms with Crippen LogP contribution in [0.1, 0.15) is 56.6 Å². The number of rotatable bonds is 6. The third-order valence-electron chi connectivity index (χ3n) is 6.84. The summed E-state index contributed by atoms with van der Waals surface area (Å²) in [5, 5.41) is 8.47. The number of carbonyl (C=O) groups excluding carboxylic acids is 2. The Morgan fingerprint density at radius 3 is 2.55 bits per heavy atom. The van der Waals surface area contributed by atoms with Gasteiger partial charge >= 0.3 is 6.09 Å². The number of benzene rings is 1. The molecule has 0 spiro atoms. The molecule has 0 saturated carbocycles. The minimum absolute atomic E-state index is 0.212. The lowest BCUT2D eigenvalue weighted by atomic mass is 10.1. The number of hydrogen-bond acceptors (Lipinski definition) is 6. The van der Waals surface area contributed by atoms with Gasteiger partial charge in [-0.25, -0.2) is 14.2 Å². The minimum atomic E-state index is -0.543. The van der Waals surface area contributed by atoms with Gasteiger partial charge in [-0.1, -0.05) is 13.3 Å². The van der Waals surface area contributed by atoms with Gasteiger partial charge in [0.05, 0.1) is 16.9 Å². The molecule has 1 fully saturated rings. The number of aryl methyl sites for hydroxylation is 2. The van der Waals surface area contributed by atoms with E-state index >= 15 is 0 Å². The number of fused-ring (bicyclic) bond motifs is 2. The summed E-state index contributed by atoms with van der Waals surface area (Å²) in [4.78, 5) is 34.1. The number of anilines is 2. The fraction of sp³-hybridized carbons (Fsp3) is 0.448. The molecule has 1 N–H and O–H groups in total. The van der Waals surface area contributed by atoms with Crippen LogP contribution >= 0.6 is 0 Å². The van der Waals surface area contributed by atoms with Gasteiger partial charge in [0.1, 0.15) is 11.1 Å². The molecule has 2 amide bonds. The molecule has 0 aliphatic carbocycles. The molecule has 4 aromatic rings. The fourth-order valence-electron chi connectivity index (χ4n) is 4.93. The number of unbranched alkanes of at least 4 members (excludes halogenated alkanes) is 1. The zero-order valence-electron chi connectivity index (χ0n) is 23.7. The molecule has 0 radical (unpaired) electrons. The van der Waals surface area contributed by atoms with Crippen LogP contribution in [0, 0.1) is 12.7 Å². The molecule has 1 aromatic carbocycles. The van der Waals surface area contributed by atoms with Gasteiger partial charge in [0, 0.05) is 68.5 Å². The summed E-state index contributed by atoms with van der Waals surface area (Å²) in [7, 11) is 0. The molecule has 0 unspecified atom stereocenters. The van der Waals surface area contributed by atoms with Gasteiger partial charge in [-0.2, -0.15) is 5.10 Å². The standard InChI is InChI=1S/C29H36FN7O3/c1-6-7-10-37-18-22-24(34-11-13-35(14-12-34)28(39)40-29(3,4)5)9-8-21(25(22)33-37)27(38)32-20-15-23(30)26-31-19(2)16-36(26)17-20/h8-9,15-18H,6-7,10-14H2,1-5H3,(H,32,38). The molecular formula is C29H36FN7O3. The maximum atomic E-state index is 14.6. The highest BCUT2D eigenvalue weighted by Crippen LogP contribution is 2.31. The molecule has 3 aromatic heterocycles. The van der Waals surface area contributed by atoms with Crippen molar-refractivity contribution >= 4 is 39.9 Å². The van der Waals surface area contributed by atoms with Gasteiger partial charge in [-0.15, -0.1) is 0 Å². The van der Waals surface area contributed by atoms with E-state index in [1.165, 1.54) is 6.07 Å². The van der Waals surface area contributed by atoms with Crippen LogP contribution in [0.2, 0.25) is 0 Å². The van der Waals surface area contributed by atoms with Gasteiger partial charge in [-0.3, -0.25) is 9.48 Å². The molecule has 212 valence electrons. The quantitative estimate of drug-likeness (QED) is 0.353. The Morgan fingerprint density at radius 2 is 1.85 bits per heavy atom. The molecule has 5 rings (SSSR count). The summed E-state index contributed by atoms with van der Waals surface area (Å²) in [6.07, 6.45) is 7.01. The number of nitrogens with one attached hydrogen (secondary N) is 1. The Morgan fingerprint density at radius 1 is 1.10 bits per heavy atom. The van der Waals surface area contributed by atoms with Crippen molar-refractivity contribution in [3.05, 3.63) is 53.9 Å². The minimum Gasteiger partial charge on any atom is -0.444 e. The van der Waals surface area contributed by atoms with Gasteiger partial charge in [0.2, 0.25) is 0 Å². The number of imidazole rings is 1. The van der Waals surface area contributed by atoms with Crippen LogP contribution in [-0.4, -0.2) is 67.8 Å². The average Bonchev–Trinajstić information content (AvgIpc) is 3.49. The number of carbonyl (C=O) groups is 2. The molecule has 0 bridgehead atoms. The summed E-state index contributed by atoms with van der Waals surface area (Å²) >= 11 is 0. The van der Waals surface area contributed by atoms with Crippen molar-refractivity contribution in [3.63, 3.8) is 0 Å². The van der Waals surface area contributed by atoms with Crippen LogP contribution in [0.3, 0.4) is 0 Å². The monoisotopic (exact) mass is 549 g/mol. The Bertz CT molecular complexity index is 1560. The molecule has 1 aliphatic heterocycles. The van der Waals surface area contributed by atoms with Gasteiger partial charge in [0.25, 0.3) is 5.91 Å². The van der Waals surface area contributed by atoms with E-state index in [1.807, 2.05) is 37.7 Å². The largest absolute Gasteiger partial charge is 0.444 e. The maximum Gasteiger partial charge on any atom is 0.410 e. The first-order chi connectivity index (χ1) is 19.0. The van der Waals surface area contributed by atoms with Crippen LogP contribution in [0.15, 0.2) is 36.8 Å². The number of halogens is 1. The SMILES string of the molecule is CCCCn1cc2c(N3CCN(C(=O)OC(C)(C)C)CC3)ccc(C(=O)Nc3cc(F)c4nc(C)cn4c3)c2n1. The highest BCUT2D eigenvalue weighted by molar-refractivity contribution is 6.13. The van der Waals surface area contributed by atoms with Crippen molar-refractivity contribution < 1.29 is 18.7 Å². The molecule has 40 heavy (non-hydrogen) atoms. The first kappa shape index (κ1) is 27.4. The predicted octanol–water partition coefficient (Wildman–Crippen LogP) is 5.24. The van der Waals surface area contributed by atoms with E-state index in [-0.39, 0.29) is 17.6 Å². The number of nitrogens with zero attached hydrogens (tertiary/aromatic N) is 6. The molecule has 10 nitrogen and oxygen atoms in total. The summed E-state index contributed by atoms with van der Waals surface area (Å²) < 4.78 is 23.6. The van der Waals surface area contributed by atoms with E-state index in [2.05, 4.69) is 22.1 Å². The third-order valence-corrected chi connectivity index (χ3v) is 6.84. The number of piperazine rings is 1.